The number of Topliss-reactive ketones (excluding diaryl/α,β-unsaturated/α-hetero) is 1. The Bertz CT molecular complexity index is 1930. The van der Waals surface area contributed by atoms with E-state index in [9.17, 15) is 4.79 Å². The van der Waals surface area contributed by atoms with Gasteiger partial charge in [-0.3, -0.25) is 14.8 Å². The minimum atomic E-state index is -0.997. The Kier molecular flexibility index (Phi) is 4.87. The van der Waals surface area contributed by atoms with E-state index in [4.69, 9.17) is 14.4 Å². The van der Waals surface area contributed by atoms with Gasteiger partial charge in [0.15, 0.2) is 17.1 Å². The molecule has 1 saturated carbocycles. The van der Waals surface area contributed by atoms with Crippen LogP contribution in [0, 0.1) is 11.3 Å². The Morgan fingerprint density at radius 2 is 1.80 bits per heavy atom. The zero-order chi connectivity index (χ0) is 27.8. The van der Waals surface area contributed by atoms with Gasteiger partial charge >= 0.3 is 0 Å². The van der Waals surface area contributed by atoms with Gasteiger partial charge < -0.3 is 14.7 Å². The number of aliphatic imine (C=N–C) groups is 2. The molecule has 0 aromatic carbocycles. The van der Waals surface area contributed by atoms with Crippen molar-refractivity contribution >= 4 is 29.4 Å². The van der Waals surface area contributed by atoms with Gasteiger partial charge in [-0.05, 0) is 105 Å². The van der Waals surface area contributed by atoms with Gasteiger partial charge in [-0.2, -0.15) is 0 Å². The normalized spacial score (nSPS) is 27.4. The van der Waals surface area contributed by atoms with E-state index in [0.717, 1.165) is 51.9 Å². The Balaban J connectivity index is 1.36. The number of nitrogens with zero attached hydrogens (tertiary/aromatic N) is 4. The van der Waals surface area contributed by atoms with E-state index in [0.29, 0.717) is 11.7 Å². The van der Waals surface area contributed by atoms with Crippen molar-refractivity contribution in [3.05, 3.63) is 107 Å². The van der Waals surface area contributed by atoms with E-state index in [1.165, 1.54) is 0 Å². The first-order valence-corrected chi connectivity index (χ1v) is 13.9. The largest absolute Gasteiger partial charge is 0.438 e. The molecule has 3 aromatic heterocycles. The lowest BCUT2D eigenvalue weighted by molar-refractivity contribution is -0.127. The van der Waals surface area contributed by atoms with Gasteiger partial charge in [0.1, 0.15) is 5.54 Å². The fraction of sp³-hybridized carbons (Fsp3) is 0.242. The zero-order valence-corrected chi connectivity index (χ0v) is 22.8. The summed E-state index contributed by atoms with van der Waals surface area (Å²) in [5.41, 5.74) is 1.39. The van der Waals surface area contributed by atoms with Gasteiger partial charge in [0.25, 0.3) is 0 Å². The van der Waals surface area contributed by atoms with Crippen LogP contribution in [0.5, 0.6) is 0 Å². The van der Waals surface area contributed by atoms with Gasteiger partial charge in [-0.15, -0.1) is 0 Å². The lowest BCUT2D eigenvalue weighted by Gasteiger charge is -2.26. The summed E-state index contributed by atoms with van der Waals surface area (Å²) in [6, 6.07) is 7.81. The molecule has 202 valence electrons. The molecule has 2 unspecified atom stereocenters. The number of carbonyl (C=O) groups excluding carboxylic acids is 1. The lowest BCUT2D eigenvalue weighted by atomic mass is 9.77. The molecule has 0 spiro atoms. The highest BCUT2D eigenvalue weighted by atomic mass is 16.4. The molecule has 0 radical (unpaired) electrons. The number of oxazole rings is 1. The number of carbonyl (C=O) groups is 1. The van der Waals surface area contributed by atoms with Crippen LogP contribution in [0.4, 0.5) is 0 Å². The van der Waals surface area contributed by atoms with Gasteiger partial charge in [-0.25, -0.2) is 9.98 Å². The first-order valence-electron chi connectivity index (χ1n) is 13.9. The summed E-state index contributed by atoms with van der Waals surface area (Å²) in [6.07, 6.45) is 23.2. The average molecular weight is 541 g/mol. The number of fused-ring (bicyclic) bond motifs is 6. The van der Waals surface area contributed by atoms with Crippen LogP contribution < -0.4 is 16.0 Å². The summed E-state index contributed by atoms with van der Waals surface area (Å²) in [6.45, 7) is 3.98. The molecule has 41 heavy (non-hydrogen) atoms. The molecule has 0 amide bonds. The first-order chi connectivity index (χ1) is 19.8. The van der Waals surface area contributed by atoms with Crippen LogP contribution in [0.25, 0.3) is 23.6 Å². The van der Waals surface area contributed by atoms with Crippen molar-refractivity contribution in [2.24, 2.45) is 21.3 Å². The first kappa shape index (κ1) is 24.0. The van der Waals surface area contributed by atoms with Crippen LogP contribution in [-0.2, 0) is 10.3 Å². The fourth-order valence-corrected chi connectivity index (χ4v) is 6.21. The minimum absolute atomic E-state index is 0.145. The molecular formula is C33H28N6O2. The van der Waals surface area contributed by atoms with Crippen molar-refractivity contribution in [1.29, 1.82) is 0 Å². The molecule has 8 nitrogen and oxygen atoms in total. The van der Waals surface area contributed by atoms with Gasteiger partial charge in [0, 0.05) is 28.8 Å². The molecule has 2 N–H and O–H groups in total. The van der Waals surface area contributed by atoms with Crippen molar-refractivity contribution in [2.75, 3.05) is 0 Å². The monoisotopic (exact) mass is 540 g/mol. The number of rotatable bonds is 3. The highest BCUT2D eigenvalue weighted by Crippen LogP contribution is 2.52. The molecule has 4 aliphatic heterocycles. The van der Waals surface area contributed by atoms with Crippen molar-refractivity contribution < 1.29 is 9.21 Å². The quantitative estimate of drug-likeness (QED) is 0.527. The summed E-state index contributed by atoms with van der Waals surface area (Å²) in [5, 5.41) is 5.58. The summed E-state index contributed by atoms with van der Waals surface area (Å²) in [4.78, 5) is 36.6. The third-order valence-corrected chi connectivity index (χ3v) is 8.57. The molecule has 8 bridgehead atoms. The maximum atomic E-state index is 14.3. The fourth-order valence-electron chi connectivity index (χ4n) is 6.21. The van der Waals surface area contributed by atoms with E-state index >= 15 is 0 Å². The molecule has 8 rings (SSSR count). The number of aromatic nitrogens is 3. The highest BCUT2D eigenvalue weighted by Gasteiger charge is 2.60. The van der Waals surface area contributed by atoms with E-state index in [1.807, 2.05) is 86.7 Å². The molecule has 3 aromatic rings. The van der Waals surface area contributed by atoms with Gasteiger partial charge in [0.05, 0.1) is 34.3 Å². The summed E-state index contributed by atoms with van der Waals surface area (Å²) < 4.78 is 6.36. The number of allylic oxidation sites excluding steroid dienone is 4. The smallest absolute Gasteiger partial charge is 0.227 e. The third-order valence-electron chi connectivity index (χ3n) is 8.57. The Morgan fingerprint density at radius 1 is 0.976 bits per heavy atom. The summed E-state index contributed by atoms with van der Waals surface area (Å²) >= 11 is 0. The molecule has 7 heterocycles. The molecule has 2 atom stereocenters. The van der Waals surface area contributed by atoms with Crippen LogP contribution in [-0.4, -0.2) is 37.7 Å². The van der Waals surface area contributed by atoms with E-state index in [2.05, 4.69) is 20.3 Å². The predicted octanol–water partition coefficient (Wildman–Crippen LogP) is 3.67. The minimum Gasteiger partial charge on any atom is -0.438 e. The second-order valence-corrected chi connectivity index (χ2v) is 11.8. The molecular weight excluding hydrogens is 512 g/mol. The zero-order valence-electron chi connectivity index (χ0n) is 22.8. The van der Waals surface area contributed by atoms with Gasteiger partial charge in [0.2, 0.25) is 5.89 Å². The average Bonchev–Trinajstić information content (AvgIpc) is 3.33. The Hall–Kier alpha value is -4.85. The van der Waals surface area contributed by atoms with E-state index < -0.39 is 16.5 Å². The van der Waals surface area contributed by atoms with Crippen LogP contribution in [0.2, 0.25) is 0 Å². The van der Waals surface area contributed by atoms with Crippen molar-refractivity contribution in [2.45, 2.75) is 37.8 Å². The molecule has 5 aliphatic rings. The molecule has 1 saturated heterocycles. The Labute approximate surface area is 236 Å². The maximum absolute atomic E-state index is 14.3. The number of ketones is 1. The van der Waals surface area contributed by atoms with E-state index in [1.54, 1.807) is 18.6 Å². The summed E-state index contributed by atoms with van der Waals surface area (Å²) in [7, 11) is 0. The van der Waals surface area contributed by atoms with Crippen LogP contribution in [0.1, 0.15) is 32.4 Å². The van der Waals surface area contributed by atoms with Crippen molar-refractivity contribution in [3.8, 4) is 11.5 Å². The van der Waals surface area contributed by atoms with Crippen LogP contribution in [0.3, 0.4) is 0 Å². The topological polar surface area (TPSA) is 109 Å². The molecule has 8 heteroatoms. The number of hydrogen-bond acceptors (Lipinski definition) is 7. The van der Waals surface area contributed by atoms with Gasteiger partial charge in [-0.1, -0.05) is 0 Å². The number of pyridine rings is 1. The Morgan fingerprint density at radius 3 is 2.59 bits per heavy atom. The molecule has 1 aliphatic carbocycles. The standard InChI is InChI=1S/C33H28N6O2/c1-31(2)27-17-32(28-19-35-29(41-28)20-4-3-13-34-18-20)12-11-25(38-32)15-24-8-7-22(36-24)14-23-9-10-26(37-23)16-33(39-27,30(31)40)21-5-6-21/h3-4,7-19,21,36,39H,5-6H2,1-2H3. The maximum Gasteiger partial charge on any atom is 0.227 e. The summed E-state index contributed by atoms with van der Waals surface area (Å²) in [5.74, 6) is 1.38. The number of H-pyrrole nitrogens is 1. The molecule has 2 fully saturated rings. The second-order valence-electron chi connectivity index (χ2n) is 11.8. The number of hydrogen-bond donors (Lipinski definition) is 2. The van der Waals surface area contributed by atoms with E-state index in [-0.39, 0.29) is 11.7 Å². The van der Waals surface area contributed by atoms with Crippen molar-refractivity contribution in [3.63, 3.8) is 0 Å². The highest BCUT2D eigenvalue weighted by molar-refractivity contribution is 6.20. The SMILES string of the molecule is CC1(C)C(=O)C2(C3CC3)C=C3C=CC(=N3)C=c3ccc([nH]3)=CC3=NC(c4cnc(-c5cccnc5)o4)(C=C3)C=C1N2. The second kappa shape index (κ2) is 8.33. The van der Waals surface area contributed by atoms with Crippen LogP contribution in [0.15, 0.2) is 105 Å². The third kappa shape index (κ3) is 3.78. The number of nitrogens with one attached hydrogen (secondary N) is 2. The predicted molar refractivity (Wildman–Crippen MR) is 157 cm³/mol. The lowest BCUT2D eigenvalue weighted by Crippen LogP contribution is -2.47. The van der Waals surface area contributed by atoms with Crippen molar-refractivity contribution in [1.82, 2.24) is 20.3 Å². The van der Waals surface area contributed by atoms with Crippen LogP contribution >= 0.6 is 0 Å². The number of aromatic amines is 1.